The van der Waals surface area contributed by atoms with Crippen LogP contribution in [0.3, 0.4) is 0 Å². The van der Waals surface area contributed by atoms with Crippen molar-refractivity contribution >= 4 is 30.3 Å². The van der Waals surface area contributed by atoms with Crippen molar-refractivity contribution < 1.29 is 24.2 Å². The number of fused-ring (bicyclic) bond motifs is 1. The highest BCUT2D eigenvalue weighted by Gasteiger charge is 2.49. The van der Waals surface area contributed by atoms with E-state index in [1.54, 1.807) is 18.7 Å². The van der Waals surface area contributed by atoms with Crippen molar-refractivity contribution in [1.29, 1.82) is 0 Å². The number of ether oxygens (including phenoxy) is 1. The van der Waals surface area contributed by atoms with E-state index in [-0.39, 0.29) is 36.9 Å². The second-order valence-corrected chi connectivity index (χ2v) is 8.66. The van der Waals surface area contributed by atoms with E-state index >= 15 is 0 Å². The molecular formula is C24H35ClN2O5. The molecule has 0 radical (unpaired) electrons. The van der Waals surface area contributed by atoms with Crippen LogP contribution in [0.2, 0.25) is 0 Å². The van der Waals surface area contributed by atoms with E-state index in [0.29, 0.717) is 25.2 Å². The van der Waals surface area contributed by atoms with Gasteiger partial charge in [-0.15, -0.1) is 12.4 Å². The fourth-order valence-electron chi connectivity index (χ4n) is 5.06. The molecule has 0 unspecified atom stereocenters. The number of carbonyl (C=O) groups excluding carboxylic acids is 2. The van der Waals surface area contributed by atoms with Gasteiger partial charge in [-0.2, -0.15) is 0 Å². The summed E-state index contributed by atoms with van der Waals surface area (Å²) in [5, 5.41) is 12.7. The highest BCUT2D eigenvalue weighted by Crippen LogP contribution is 2.40. The average molecular weight is 467 g/mol. The lowest BCUT2D eigenvalue weighted by Gasteiger charge is -2.35. The minimum Gasteiger partial charge on any atom is -0.480 e. The van der Waals surface area contributed by atoms with Crippen LogP contribution in [0.15, 0.2) is 30.3 Å². The normalized spacial score (nSPS) is 24.1. The molecule has 1 saturated heterocycles. The summed E-state index contributed by atoms with van der Waals surface area (Å²) in [6.07, 6.45) is 5.68. The Balaban J connectivity index is 0.00000363. The molecule has 1 aliphatic carbocycles. The number of hydrogen-bond donors (Lipinski definition) is 2. The number of halogens is 1. The summed E-state index contributed by atoms with van der Waals surface area (Å²) in [5.74, 6) is -1.23. The zero-order valence-electron chi connectivity index (χ0n) is 18.9. The molecule has 1 aliphatic heterocycles. The zero-order valence-corrected chi connectivity index (χ0v) is 19.7. The van der Waals surface area contributed by atoms with Gasteiger partial charge in [0.25, 0.3) is 0 Å². The third kappa shape index (κ3) is 6.23. The Labute approximate surface area is 196 Å². The Morgan fingerprint density at radius 2 is 1.88 bits per heavy atom. The van der Waals surface area contributed by atoms with Crippen molar-refractivity contribution in [2.45, 2.75) is 83.0 Å². The molecule has 0 spiro atoms. The van der Waals surface area contributed by atoms with Crippen LogP contribution in [0, 0.1) is 5.92 Å². The lowest BCUT2D eigenvalue weighted by Crippen LogP contribution is -2.55. The van der Waals surface area contributed by atoms with Gasteiger partial charge in [0.15, 0.2) is 0 Å². The van der Waals surface area contributed by atoms with Crippen molar-refractivity contribution in [2.75, 3.05) is 6.61 Å². The van der Waals surface area contributed by atoms with Gasteiger partial charge in [-0.1, -0.05) is 43.2 Å². The highest BCUT2D eigenvalue weighted by atomic mass is 35.5. The van der Waals surface area contributed by atoms with Crippen molar-refractivity contribution in [3.05, 3.63) is 35.9 Å². The minimum absolute atomic E-state index is 0. The quantitative estimate of drug-likeness (QED) is 0.542. The topological polar surface area (TPSA) is 95.9 Å². The van der Waals surface area contributed by atoms with E-state index < -0.39 is 24.1 Å². The van der Waals surface area contributed by atoms with Crippen LogP contribution in [0.25, 0.3) is 0 Å². The summed E-state index contributed by atoms with van der Waals surface area (Å²) in [7, 11) is 0. The maximum atomic E-state index is 13.4. The summed E-state index contributed by atoms with van der Waals surface area (Å²) in [6.45, 7) is 3.74. The van der Waals surface area contributed by atoms with Crippen LogP contribution in [0.4, 0.5) is 0 Å². The lowest BCUT2D eigenvalue weighted by atomic mass is 9.84. The third-order valence-electron chi connectivity index (χ3n) is 6.59. The summed E-state index contributed by atoms with van der Waals surface area (Å²) < 4.78 is 5.25. The predicted octanol–water partition coefficient (Wildman–Crippen LogP) is 3.20. The molecule has 2 N–H and O–H groups in total. The van der Waals surface area contributed by atoms with Crippen LogP contribution in [0.1, 0.15) is 57.9 Å². The molecule has 2 aliphatic rings. The molecule has 5 atom stereocenters. The number of carboxylic acid groups (broad SMARTS) is 1. The van der Waals surface area contributed by atoms with Gasteiger partial charge in [0.05, 0.1) is 12.6 Å². The second kappa shape index (κ2) is 12.2. The maximum absolute atomic E-state index is 13.4. The molecule has 3 rings (SSSR count). The van der Waals surface area contributed by atoms with Gasteiger partial charge in [-0.05, 0) is 57.4 Å². The van der Waals surface area contributed by atoms with Crippen molar-refractivity contribution in [2.24, 2.45) is 5.92 Å². The number of nitrogens with one attached hydrogen (secondary N) is 1. The van der Waals surface area contributed by atoms with Gasteiger partial charge in [0.1, 0.15) is 12.1 Å². The molecule has 1 saturated carbocycles. The standard InChI is InChI=1S/C24H34N2O5.ClH/c1-3-31-24(30)21-15-18-11-7-8-12-20(18)26(21)22(27)16(2)25-19(23(28)29)14-13-17-9-5-4-6-10-17;/h4-6,9-10,16,18-21,25H,3,7-8,11-15H2,1-2H3,(H,28,29);1H/t16-,18-,19-,20-,21-;/m0./s1. The SMILES string of the molecule is CCOC(=O)[C@@H]1C[C@@H]2CCCC[C@@H]2N1C(=O)[C@H](C)N[C@@H](CCc1ccccc1)C(=O)O.Cl. The van der Waals surface area contributed by atoms with Crippen LogP contribution in [-0.2, 0) is 25.5 Å². The van der Waals surface area contributed by atoms with Gasteiger partial charge < -0.3 is 14.7 Å². The fraction of sp³-hybridized carbons (Fsp3) is 0.625. The van der Waals surface area contributed by atoms with Crippen LogP contribution in [-0.4, -0.2) is 58.6 Å². The van der Waals surface area contributed by atoms with Crippen LogP contribution < -0.4 is 5.32 Å². The number of rotatable bonds is 9. The van der Waals surface area contributed by atoms with Gasteiger partial charge in [-0.25, -0.2) is 4.79 Å². The number of carbonyl (C=O) groups is 3. The summed E-state index contributed by atoms with van der Waals surface area (Å²) in [4.78, 5) is 39.5. The summed E-state index contributed by atoms with van der Waals surface area (Å²) >= 11 is 0. The fourth-order valence-corrected chi connectivity index (χ4v) is 5.06. The summed E-state index contributed by atoms with van der Waals surface area (Å²) in [5.41, 5.74) is 1.06. The van der Waals surface area contributed by atoms with Crippen molar-refractivity contribution in [3.63, 3.8) is 0 Å². The second-order valence-electron chi connectivity index (χ2n) is 8.66. The molecule has 7 nitrogen and oxygen atoms in total. The first-order valence-corrected chi connectivity index (χ1v) is 11.4. The summed E-state index contributed by atoms with van der Waals surface area (Å²) in [6, 6.07) is 7.62. The Morgan fingerprint density at radius 3 is 2.53 bits per heavy atom. The molecule has 1 aromatic rings. The third-order valence-corrected chi connectivity index (χ3v) is 6.59. The number of amides is 1. The molecule has 8 heteroatoms. The number of aryl methyl sites for hydroxylation is 1. The largest absolute Gasteiger partial charge is 0.480 e. The Kier molecular flexibility index (Phi) is 9.97. The number of likely N-dealkylation sites (tertiary alicyclic amines) is 1. The molecular weight excluding hydrogens is 432 g/mol. The molecule has 178 valence electrons. The smallest absolute Gasteiger partial charge is 0.328 e. The number of esters is 1. The molecule has 1 aromatic carbocycles. The lowest BCUT2D eigenvalue weighted by molar-refractivity contribution is -0.155. The van der Waals surface area contributed by atoms with E-state index in [1.807, 2.05) is 30.3 Å². The Morgan fingerprint density at radius 1 is 1.19 bits per heavy atom. The van der Waals surface area contributed by atoms with Crippen LogP contribution >= 0.6 is 12.4 Å². The number of benzene rings is 1. The first kappa shape index (κ1) is 26.1. The van der Waals surface area contributed by atoms with Gasteiger partial charge in [0, 0.05) is 6.04 Å². The Hall–Kier alpha value is -2.12. The minimum atomic E-state index is -0.977. The molecule has 2 fully saturated rings. The number of carboxylic acids is 1. The average Bonchev–Trinajstić information content (AvgIpc) is 3.16. The Bertz CT molecular complexity index is 775. The van der Waals surface area contributed by atoms with E-state index in [1.165, 1.54) is 0 Å². The maximum Gasteiger partial charge on any atom is 0.328 e. The molecule has 0 aromatic heterocycles. The molecule has 1 amide bonds. The van der Waals surface area contributed by atoms with E-state index in [9.17, 15) is 19.5 Å². The van der Waals surface area contributed by atoms with E-state index in [4.69, 9.17) is 4.74 Å². The zero-order chi connectivity index (χ0) is 22.4. The van der Waals surface area contributed by atoms with E-state index in [0.717, 1.165) is 31.2 Å². The number of aliphatic carboxylic acids is 1. The number of hydrogen-bond acceptors (Lipinski definition) is 5. The molecule has 0 bridgehead atoms. The first-order valence-electron chi connectivity index (χ1n) is 11.4. The van der Waals surface area contributed by atoms with Crippen molar-refractivity contribution in [1.82, 2.24) is 10.2 Å². The van der Waals surface area contributed by atoms with Crippen LogP contribution in [0.5, 0.6) is 0 Å². The highest BCUT2D eigenvalue weighted by molar-refractivity contribution is 5.89. The molecule has 32 heavy (non-hydrogen) atoms. The number of nitrogens with zero attached hydrogens (tertiary/aromatic N) is 1. The predicted molar refractivity (Wildman–Crippen MR) is 124 cm³/mol. The van der Waals surface area contributed by atoms with Crippen molar-refractivity contribution in [3.8, 4) is 0 Å². The first-order chi connectivity index (χ1) is 14.9. The van der Waals surface area contributed by atoms with E-state index in [2.05, 4.69) is 5.32 Å². The van der Waals surface area contributed by atoms with Gasteiger partial charge >= 0.3 is 11.9 Å². The monoisotopic (exact) mass is 466 g/mol. The van der Waals surface area contributed by atoms with Gasteiger partial charge in [0.2, 0.25) is 5.91 Å². The van der Waals surface area contributed by atoms with Gasteiger partial charge in [-0.3, -0.25) is 14.9 Å². The molecule has 1 heterocycles.